The lowest BCUT2D eigenvalue weighted by atomic mass is 10.0. The van der Waals surface area contributed by atoms with Crippen LogP contribution in [-0.2, 0) is 4.79 Å². The summed E-state index contributed by atoms with van der Waals surface area (Å²) in [5, 5.41) is 10.4. The number of hydrogen-bond acceptors (Lipinski definition) is 2. The Morgan fingerprint density at radius 2 is 1.79 bits per heavy atom. The minimum atomic E-state index is -0.549. The van der Waals surface area contributed by atoms with E-state index >= 15 is 0 Å². The lowest BCUT2D eigenvalue weighted by Gasteiger charge is -2.25. The van der Waals surface area contributed by atoms with Gasteiger partial charge < -0.3 is 10.0 Å². The van der Waals surface area contributed by atoms with E-state index in [0.717, 1.165) is 24.0 Å². The van der Waals surface area contributed by atoms with Crippen molar-refractivity contribution in [3.8, 4) is 11.8 Å². The molecular weight excluding hydrogens is 298 g/mol. The number of likely N-dealkylation sites (tertiary alicyclic amines) is 1. The Labute approximate surface area is 142 Å². The molecule has 0 radical (unpaired) electrons. The van der Waals surface area contributed by atoms with Crippen molar-refractivity contribution in [2.75, 3.05) is 6.54 Å². The molecule has 0 aliphatic carbocycles. The van der Waals surface area contributed by atoms with Gasteiger partial charge in [-0.15, -0.1) is 0 Å². The van der Waals surface area contributed by atoms with Gasteiger partial charge >= 0.3 is 0 Å². The maximum absolute atomic E-state index is 12.4. The summed E-state index contributed by atoms with van der Waals surface area (Å²) in [6, 6.07) is 19.2. The highest BCUT2D eigenvalue weighted by molar-refractivity contribution is 5.94. The maximum atomic E-state index is 12.4. The van der Waals surface area contributed by atoms with E-state index < -0.39 is 6.10 Å². The maximum Gasteiger partial charge on any atom is 0.299 e. The molecule has 1 heterocycles. The van der Waals surface area contributed by atoms with Crippen molar-refractivity contribution in [1.82, 2.24) is 4.90 Å². The van der Waals surface area contributed by atoms with Gasteiger partial charge in [0.15, 0.2) is 0 Å². The molecule has 1 amide bonds. The molecule has 0 aromatic heterocycles. The quantitative estimate of drug-likeness (QED) is 0.883. The number of carbonyl (C=O) groups excluding carboxylic acids is 1. The Balaban J connectivity index is 1.65. The summed E-state index contributed by atoms with van der Waals surface area (Å²) < 4.78 is 0. The SMILES string of the molecule is O=C(C#Cc1ccccc1)N1CCCC1CC(O)c1ccccc1. The molecule has 2 unspecified atom stereocenters. The van der Waals surface area contributed by atoms with Gasteiger partial charge in [-0.05, 0) is 37.0 Å². The van der Waals surface area contributed by atoms with Crippen molar-refractivity contribution >= 4 is 5.91 Å². The van der Waals surface area contributed by atoms with E-state index in [2.05, 4.69) is 11.8 Å². The second kappa shape index (κ2) is 7.81. The monoisotopic (exact) mass is 319 g/mol. The molecule has 2 aromatic carbocycles. The molecule has 3 rings (SSSR count). The number of aliphatic hydroxyl groups is 1. The Bertz CT molecular complexity index is 731. The molecule has 2 aromatic rings. The molecule has 1 saturated heterocycles. The van der Waals surface area contributed by atoms with E-state index in [-0.39, 0.29) is 11.9 Å². The molecule has 3 nitrogen and oxygen atoms in total. The second-order valence-electron chi connectivity index (χ2n) is 6.07. The molecule has 1 N–H and O–H groups in total. The third-order valence-corrected chi connectivity index (χ3v) is 4.41. The number of benzene rings is 2. The summed E-state index contributed by atoms with van der Waals surface area (Å²) in [6.45, 7) is 0.717. The molecule has 2 atom stereocenters. The number of aliphatic hydroxyl groups excluding tert-OH is 1. The lowest BCUT2D eigenvalue weighted by Crippen LogP contribution is -2.35. The summed E-state index contributed by atoms with van der Waals surface area (Å²) >= 11 is 0. The Kier molecular flexibility index (Phi) is 5.30. The minimum Gasteiger partial charge on any atom is -0.388 e. The van der Waals surface area contributed by atoms with Crippen molar-refractivity contribution in [3.05, 3.63) is 71.8 Å². The van der Waals surface area contributed by atoms with E-state index in [9.17, 15) is 9.90 Å². The summed E-state index contributed by atoms with van der Waals surface area (Å²) in [7, 11) is 0. The largest absolute Gasteiger partial charge is 0.388 e. The van der Waals surface area contributed by atoms with Gasteiger partial charge in [0.25, 0.3) is 5.91 Å². The predicted octanol–water partition coefficient (Wildman–Crippen LogP) is 3.15. The average molecular weight is 319 g/mol. The lowest BCUT2D eigenvalue weighted by molar-refractivity contribution is -0.126. The molecule has 0 saturated carbocycles. The van der Waals surface area contributed by atoms with Gasteiger partial charge in [-0.1, -0.05) is 54.5 Å². The fourth-order valence-electron chi connectivity index (χ4n) is 3.14. The van der Waals surface area contributed by atoms with Gasteiger partial charge in [0.2, 0.25) is 0 Å². The second-order valence-corrected chi connectivity index (χ2v) is 6.07. The van der Waals surface area contributed by atoms with E-state index in [1.165, 1.54) is 0 Å². The fraction of sp³-hybridized carbons (Fsp3) is 0.286. The predicted molar refractivity (Wildman–Crippen MR) is 94.1 cm³/mol. The first-order valence-corrected chi connectivity index (χ1v) is 8.35. The molecule has 1 aliphatic heterocycles. The van der Waals surface area contributed by atoms with E-state index in [1.54, 1.807) is 0 Å². The van der Waals surface area contributed by atoms with Crippen LogP contribution in [0.25, 0.3) is 0 Å². The van der Waals surface area contributed by atoms with Gasteiger partial charge in [0.1, 0.15) is 0 Å². The molecule has 122 valence electrons. The van der Waals surface area contributed by atoms with Crippen molar-refractivity contribution in [2.45, 2.75) is 31.4 Å². The van der Waals surface area contributed by atoms with Crippen LogP contribution < -0.4 is 0 Å². The van der Waals surface area contributed by atoms with Crippen LogP contribution in [0, 0.1) is 11.8 Å². The zero-order valence-electron chi connectivity index (χ0n) is 13.6. The third kappa shape index (κ3) is 4.04. The van der Waals surface area contributed by atoms with Crippen LogP contribution in [0.2, 0.25) is 0 Å². The molecule has 0 bridgehead atoms. The van der Waals surface area contributed by atoms with E-state index in [4.69, 9.17) is 0 Å². The molecule has 24 heavy (non-hydrogen) atoms. The highest BCUT2D eigenvalue weighted by Crippen LogP contribution is 2.27. The summed E-state index contributed by atoms with van der Waals surface area (Å²) in [5.74, 6) is 5.51. The van der Waals surface area contributed by atoms with Crippen molar-refractivity contribution < 1.29 is 9.90 Å². The molecule has 0 spiro atoms. The minimum absolute atomic E-state index is 0.0535. The van der Waals surface area contributed by atoms with Crippen LogP contribution in [0.15, 0.2) is 60.7 Å². The number of carbonyl (C=O) groups is 1. The highest BCUT2D eigenvalue weighted by Gasteiger charge is 2.29. The van der Waals surface area contributed by atoms with Crippen molar-refractivity contribution in [1.29, 1.82) is 0 Å². The zero-order valence-corrected chi connectivity index (χ0v) is 13.6. The first-order chi connectivity index (χ1) is 11.7. The standard InChI is InChI=1S/C21H21NO2/c23-20(18-10-5-2-6-11-18)16-19-12-7-15-22(19)21(24)14-13-17-8-3-1-4-9-17/h1-6,8-11,19-20,23H,7,12,15-16H2. The first-order valence-electron chi connectivity index (χ1n) is 8.35. The number of hydrogen-bond donors (Lipinski definition) is 1. The van der Waals surface area contributed by atoms with Gasteiger partial charge in [0, 0.05) is 24.1 Å². The van der Waals surface area contributed by atoms with Gasteiger partial charge in [0.05, 0.1) is 6.10 Å². The molecular formula is C21H21NO2. The van der Waals surface area contributed by atoms with Crippen LogP contribution in [0.4, 0.5) is 0 Å². The van der Waals surface area contributed by atoms with Crippen molar-refractivity contribution in [3.63, 3.8) is 0 Å². The normalized spacial score (nSPS) is 17.9. The van der Waals surface area contributed by atoms with Crippen molar-refractivity contribution in [2.24, 2.45) is 0 Å². The van der Waals surface area contributed by atoms with Crippen LogP contribution in [0.1, 0.15) is 36.5 Å². The number of nitrogens with zero attached hydrogens (tertiary/aromatic N) is 1. The highest BCUT2D eigenvalue weighted by atomic mass is 16.3. The van der Waals surface area contributed by atoms with Crippen LogP contribution >= 0.6 is 0 Å². The van der Waals surface area contributed by atoms with Crippen LogP contribution in [-0.4, -0.2) is 28.5 Å². The number of rotatable bonds is 3. The van der Waals surface area contributed by atoms with E-state index in [1.807, 2.05) is 65.6 Å². The summed E-state index contributed by atoms with van der Waals surface area (Å²) in [5.41, 5.74) is 1.73. The zero-order chi connectivity index (χ0) is 16.8. The van der Waals surface area contributed by atoms with Gasteiger partial charge in [-0.2, -0.15) is 0 Å². The first kappa shape index (κ1) is 16.3. The summed E-state index contributed by atoms with van der Waals surface area (Å²) in [4.78, 5) is 14.2. The Morgan fingerprint density at radius 3 is 2.50 bits per heavy atom. The smallest absolute Gasteiger partial charge is 0.299 e. The van der Waals surface area contributed by atoms with Gasteiger partial charge in [-0.3, -0.25) is 4.79 Å². The molecule has 3 heteroatoms. The van der Waals surface area contributed by atoms with E-state index in [0.29, 0.717) is 13.0 Å². The third-order valence-electron chi connectivity index (χ3n) is 4.41. The Hall–Kier alpha value is -2.57. The Morgan fingerprint density at radius 1 is 1.12 bits per heavy atom. The average Bonchev–Trinajstić information content (AvgIpc) is 3.09. The fourth-order valence-corrected chi connectivity index (χ4v) is 3.14. The topological polar surface area (TPSA) is 40.5 Å². The summed E-state index contributed by atoms with van der Waals surface area (Å²) in [6.07, 6.45) is 1.89. The van der Waals surface area contributed by atoms with Gasteiger partial charge in [-0.25, -0.2) is 0 Å². The molecule has 1 fully saturated rings. The van der Waals surface area contributed by atoms with Crippen LogP contribution in [0.5, 0.6) is 0 Å². The van der Waals surface area contributed by atoms with Crippen LogP contribution in [0.3, 0.4) is 0 Å². The number of amides is 1. The molecule has 1 aliphatic rings.